The van der Waals surface area contributed by atoms with Crippen molar-refractivity contribution in [2.45, 2.75) is 16.5 Å². The molecule has 0 aromatic rings. The molecular formula is C3H6OSn. The molecule has 1 rings (SSSR count). The second-order valence-electron chi connectivity index (χ2n) is 1.60. The fourth-order valence-electron chi connectivity index (χ4n) is 0.128. The molecule has 5 heavy (non-hydrogen) atoms. The number of hydrogen-bond acceptors (Lipinski definition) is 1. The van der Waals surface area contributed by atoms with Crippen LogP contribution in [0.1, 0.15) is 12.8 Å². The fraction of sp³-hybridized carbons (Fsp3) is 1.00. The van der Waals surface area contributed by atoms with Crippen molar-refractivity contribution >= 4 is 22.5 Å². The van der Waals surface area contributed by atoms with Gasteiger partial charge in [0.15, 0.2) is 0 Å². The summed E-state index contributed by atoms with van der Waals surface area (Å²) in [5, 5.41) is 8.69. The van der Waals surface area contributed by atoms with E-state index in [1.165, 1.54) is 0 Å². The predicted octanol–water partition coefficient (Wildman–Crippen LogP) is -0.630. The van der Waals surface area contributed by atoms with Gasteiger partial charge in [-0.2, -0.15) is 0 Å². The van der Waals surface area contributed by atoms with E-state index < -0.39 is 0 Å². The Morgan fingerprint density at radius 1 is 1.60 bits per heavy atom. The van der Waals surface area contributed by atoms with E-state index in [0.717, 1.165) is 35.4 Å². The van der Waals surface area contributed by atoms with Gasteiger partial charge in [0.25, 0.3) is 0 Å². The third-order valence-electron chi connectivity index (χ3n) is 0.762. The predicted molar refractivity (Wildman–Crippen MR) is 21.3 cm³/mol. The molecule has 0 heterocycles. The normalized spacial score (nSPS) is 30.0. The van der Waals surface area contributed by atoms with Crippen molar-refractivity contribution in [3.05, 3.63) is 0 Å². The van der Waals surface area contributed by atoms with Crippen molar-refractivity contribution in [3.8, 4) is 0 Å². The van der Waals surface area contributed by atoms with Crippen molar-refractivity contribution in [1.29, 1.82) is 0 Å². The Bertz CT molecular complexity index is 44.9. The average molecular weight is 177 g/mol. The Morgan fingerprint density at radius 3 is 1.80 bits per heavy atom. The quantitative estimate of drug-likeness (QED) is 0.488. The second-order valence-corrected chi connectivity index (χ2v) is 4.67. The second kappa shape index (κ2) is 0.876. The molecule has 28 valence electrons. The molecule has 1 nitrogen and oxygen atoms in total. The van der Waals surface area contributed by atoms with Gasteiger partial charge in [0.1, 0.15) is 0 Å². The van der Waals surface area contributed by atoms with E-state index in [0.29, 0.717) is 0 Å². The van der Waals surface area contributed by atoms with Crippen LogP contribution >= 0.6 is 0 Å². The Morgan fingerprint density at radius 2 is 1.80 bits per heavy atom. The van der Waals surface area contributed by atoms with E-state index in [9.17, 15) is 0 Å². The van der Waals surface area contributed by atoms with Crippen molar-refractivity contribution in [2.75, 3.05) is 0 Å². The number of rotatable bonds is 0. The molecule has 0 atom stereocenters. The maximum absolute atomic E-state index is 8.69. The zero-order chi connectivity index (χ0) is 3.91. The van der Waals surface area contributed by atoms with Crippen molar-refractivity contribution in [2.24, 2.45) is 0 Å². The SMILES string of the molecule is O[C]1([SnH])CC1. The molecule has 2 heteroatoms. The summed E-state index contributed by atoms with van der Waals surface area (Å²) in [7, 11) is 0. The first kappa shape index (κ1) is 3.93. The van der Waals surface area contributed by atoms with Crippen LogP contribution in [0.2, 0.25) is 0 Å². The van der Waals surface area contributed by atoms with Gasteiger partial charge < -0.3 is 0 Å². The van der Waals surface area contributed by atoms with Crippen molar-refractivity contribution in [3.63, 3.8) is 0 Å². The molecule has 0 aliphatic heterocycles. The molecule has 1 aliphatic carbocycles. The van der Waals surface area contributed by atoms with Gasteiger partial charge >= 0.3 is 44.1 Å². The monoisotopic (exact) mass is 178 g/mol. The van der Waals surface area contributed by atoms with Crippen LogP contribution in [0.5, 0.6) is 0 Å². The van der Waals surface area contributed by atoms with Crippen LogP contribution in [0, 0.1) is 0 Å². The Labute approximate surface area is 44.5 Å². The summed E-state index contributed by atoms with van der Waals surface area (Å²) in [5.41, 5.74) is 0. The molecule has 1 fully saturated rings. The summed E-state index contributed by atoms with van der Waals surface area (Å²) >= 11 is 1.03. The minimum absolute atomic E-state index is 0.120. The van der Waals surface area contributed by atoms with Gasteiger partial charge in [-0.3, -0.25) is 0 Å². The molecule has 0 spiro atoms. The summed E-state index contributed by atoms with van der Waals surface area (Å²) < 4.78 is -0.120. The summed E-state index contributed by atoms with van der Waals surface area (Å²) in [6.07, 6.45) is 2.13. The molecule has 1 aliphatic rings. The van der Waals surface area contributed by atoms with E-state index in [4.69, 9.17) is 5.11 Å². The Hall–Kier alpha value is 0.759. The minimum atomic E-state index is -0.120. The molecule has 0 aromatic carbocycles. The molecule has 0 amide bonds. The van der Waals surface area contributed by atoms with Crippen LogP contribution < -0.4 is 0 Å². The number of aliphatic hydroxyl groups is 1. The zero-order valence-corrected chi connectivity index (χ0v) is 6.23. The van der Waals surface area contributed by atoms with Crippen LogP contribution in [0.4, 0.5) is 0 Å². The summed E-state index contributed by atoms with van der Waals surface area (Å²) in [6, 6.07) is 0. The van der Waals surface area contributed by atoms with Crippen LogP contribution in [-0.2, 0) is 0 Å². The van der Waals surface area contributed by atoms with Gasteiger partial charge in [0, 0.05) is 0 Å². The molecule has 0 bridgehead atoms. The van der Waals surface area contributed by atoms with E-state index in [1.807, 2.05) is 0 Å². The average Bonchev–Trinajstić information content (AvgIpc) is 1.76. The van der Waals surface area contributed by atoms with Crippen molar-refractivity contribution < 1.29 is 5.11 Å². The summed E-state index contributed by atoms with van der Waals surface area (Å²) in [6.45, 7) is 0. The van der Waals surface area contributed by atoms with Crippen LogP contribution in [-0.4, -0.2) is 31.2 Å². The van der Waals surface area contributed by atoms with Gasteiger partial charge in [-0.25, -0.2) is 0 Å². The molecule has 2 radical (unpaired) electrons. The first-order valence-electron chi connectivity index (χ1n) is 1.72. The van der Waals surface area contributed by atoms with Crippen LogP contribution in [0.25, 0.3) is 0 Å². The Kier molecular flexibility index (Phi) is 0.689. The first-order valence-corrected chi connectivity index (χ1v) is 3.37. The van der Waals surface area contributed by atoms with Crippen LogP contribution in [0.3, 0.4) is 0 Å². The molecule has 0 aromatic heterocycles. The van der Waals surface area contributed by atoms with E-state index in [2.05, 4.69) is 0 Å². The van der Waals surface area contributed by atoms with Gasteiger partial charge in [-0.1, -0.05) is 0 Å². The topological polar surface area (TPSA) is 20.2 Å². The fourth-order valence-corrected chi connectivity index (χ4v) is 0.540. The molecule has 1 N–H and O–H groups in total. The Balaban J connectivity index is 2.38. The third kappa shape index (κ3) is 1.09. The van der Waals surface area contributed by atoms with Crippen LogP contribution in [0.15, 0.2) is 0 Å². The molecular weight excluding hydrogens is 171 g/mol. The van der Waals surface area contributed by atoms with Gasteiger partial charge in [-0.15, -0.1) is 0 Å². The standard InChI is InChI=1S/C3H5O.Sn.H/c4-3-1-2-3;;/h4H,1-2H2;;. The molecule has 0 unspecified atom stereocenters. The van der Waals surface area contributed by atoms with Gasteiger partial charge in [0.2, 0.25) is 0 Å². The molecule has 0 saturated heterocycles. The van der Waals surface area contributed by atoms with Crippen molar-refractivity contribution in [1.82, 2.24) is 0 Å². The van der Waals surface area contributed by atoms with E-state index in [1.54, 1.807) is 0 Å². The first-order chi connectivity index (χ1) is 2.21. The van der Waals surface area contributed by atoms with Gasteiger partial charge in [0.05, 0.1) is 0 Å². The van der Waals surface area contributed by atoms with Gasteiger partial charge in [-0.05, 0) is 0 Å². The summed E-state index contributed by atoms with van der Waals surface area (Å²) in [5.74, 6) is 0. The van der Waals surface area contributed by atoms with E-state index in [-0.39, 0.29) is 3.62 Å². The summed E-state index contributed by atoms with van der Waals surface area (Å²) in [4.78, 5) is 0. The molecule has 1 saturated carbocycles. The zero-order valence-electron chi connectivity index (χ0n) is 2.94. The number of hydrogen-bond donors (Lipinski definition) is 1. The van der Waals surface area contributed by atoms with E-state index >= 15 is 0 Å². The third-order valence-corrected chi connectivity index (χ3v) is 2.41. The maximum atomic E-state index is 8.69.